The second-order valence-electron chi connectivity index (χ2n) is 13.2. The average molecular weight is 699 g/mol. The average Bonchev–Trinajstić information content (AvgIpc) is 3.35. The van der Waals surface area contributed by atoms with Crippen molar-refractivity contribution in [3.8, 4) is 16.5 Å². The first-order chi connectivity index (χ1) is 22.9. The molecular formula is C33H38N4O9S2. The van der Waals surface area contributed by atoms with Crippen molar-refractivity contribution in [1.82, 2.24) is 18.8 Å². The largest absolute Gasteiger partial charge is 0.496 e. The van der Waals surface area contributed by atoms with Gasteiger partial charge in [0, 0.05) is 5.56 Å². The van der Waals surface area contributed by atoms with Crippen molar-refractivity contribution in [2.24, 2.45) is 0 Å². The fourth-order valence-electron chi connectivity index (χ4n) is 6.78. The molecule has 5 atom stereocenters. The summed E-state index contributed by atoms with van der Waals surface area (Å²) in [6.45, 7) is 4.60. The normalized spacial score (nSPS) is 22.8. The molecule has 1 N–H and O–H groups in total. The zero-order chi connectivity index (χ0) is 34.0. The monoisotopic (exact) mass is 698 g/mol. The smallest absolute Gasteiger partial charge is 0.332 e. The van der Waals surface area contributed by atoms with Crippen molar-refractivity contribution in [2.75, 3.05) is 7.11 Å². The van der Waals surface area contributed by atoms with Crippen molar-refractivity contribution in [3.05, 3.63) is 68.7 Å². The highest BCUT2D eigenvalue weighted by Crippen LogP contribution is 2.43. The number of nitrogens with one attached hydrogen (secondary N) is 1. The number of oxazole rings is 1. The van der Waals surface area contributed by atoms with Gasteiger partial charge in [0.1, 0.15) is 29.0 Å². The molecule has 13 nitrogen and oxygen atoms in total. The van der Waals surface area contributed by atoms with Gasteiger partial charge in [0.25, 0.3) is 11.5 Å². The van der Waals surface area contributed by atoms with Gasteiger partial charge in [0.05, 0.1) is 53.2 Å². The molecule has 3 aromatic heterocycles. The number of methoxy groups -OCH3 is 1. The highest BCUT2D eigenvalue weighted by atomic mass is 32.2. The van der Waals surface area contributed by atoms with Gasteiger partial charge < -0.3 is 18.6 Å². The Hall–Kier alpha value is -3.79. The van der Waals surface area contributed by atoms with Crippen LogP contribution < -0.4 is 20.7 Å². The molecule has 1 aliphatic carbocycles. The van der Waals surface area contributed by atoms with Gasteiger partial charge >= 0.3 is 5.69 Å². The summed E-state index contributed by atoms with van der Waals surface area (Å²) in [4.78, 5) is 47.3. The van der Waals surface area contributed by atoms with Crippen LogP contribution in [-0.4, -0.2) is 58.6 Å². The molecule has 7 rings (SSSR count). The second-order valence-corrected chi connectivity index (χ2v) is 16.4. The number of hydrogen-bond donors (Lipinski definition) is 1. The molecule has 3 fully saturated rings. The summed E-state index contributed by atoms with van der Waals surface area (Å²) < 4.78 is 53.4. The number of fused-ring (bicyclic) bond motifs is 3. The van der Waals surface area contributed by atoms with E-state index in [1.54, 1.807) is 21.0 Å². The van der Waals surface area contributed by atoms with Crippen LogP contribution >= 0.6 is 11.3 Å². The lowest BCUT2D eigenvalue weighted by atomic mass is 10.0. The number of benzene rings is 1. The van der Waals surface area contributed by atoms with Crippen LogP contribution in [0.25, 0.3) is 21.0 Å². The minimum Gasteiger partial charge on any atom is -0.496 e. The van der Waals surface area contributed by atoms with Gasteiger partial charge in [-0.2, -0.15) is 0 Å². The van der Waals surface area contributed by atoms with E-state index in [4.69, 9.17) is 18.6 Å². The van der Waals surface area contributed by atoms with E-state index in [-0.39, 0.29) is 36.1 Å². The predicted octanol–water partition coefficient (Wildman–Crippen LogP) is 4.22. The van der Waals surface area contributed by atoms with E-state index in [9.17, 15) is 22.8 Å². The molecule has 1 amide bonds. The molecular weight excluding hydrogens is 661 g/mol. The Kier molecular flexibility index (Phi) is 8.37. The lowest BCUT2D eigenvalue weighted by Crippen LogP contribution is -2.48. The first-order valence-electron chi connectivity index (χ1n) is 16.1. The second kappa shape index (κ2) is 12.3. The lowest BCUT2D eigenvalue weighted by molar-refractivity contribution is -0.122. The molecule has 2 aliphatic heterocycles. The van der Waals surface area contributed by atoms with E-state index in [0.29, 0.717) is 52.3 Å². The molecule has 1 aromatic carbocycles. The van der Waals surface area contributed by atoms with Gasteiger partial charge in [-0.25, -0.2) is 22.8 Å². The summed E-state index contributed by atoms with van der Waals surface area (Å²) in [5, 5.41) is 0.201. The fraction of sp³-hybridized carbons (Fsp3) is 0.515. The molecule has 5 heterocycles. The highest BCUT2D eigenvalue weighted by Gasteiger charge is 2.51. The van der Waals surface area contributed by atoms with Gasteiger partial charge in [-0.05, 0) is 70.9 Å². The Morgan fingerprint density at radius 2 is 1.90 bits per heavy atom. The molecule has 0 unspecified atom stereocenters. The number of ether oxygens (including phenoxy) is 3. The third-order valence-electron chi connectivity index (χ3n) is 9.91. The van der Waals surface area contributed by atoms with E-state index in [1.807, 2.05) is 24.3 Å². The molecule has 0 spiro atoms. The van der Waals surface area contributed by atoms with Crippen molar-refractivity contribution in [2.45, 2.75) is 101 Å². The van der Waals surface area contributed by atoms with Crippen molar-refractivity contribution < 1.29 is 31.8 Å². The molecule has 3 aliphatic rings. The van der Waals surface area contributed by atoms with Crippen LogP contribution in [0.1, 0.15) is 75.6 Å². The molecule has 2 bridgehead atoms. The maximum absolute atomic E-state index is 14.5. The van der Waals surface area contributed by atoms with Crippen molar-refractivity contribution in [1.29, 1.82) is 0 Å². The van der Waals surface area contributed by atoms with Crippen LogP contribution in [0.2, 0.25) is 0 Å². The molecule has 15 heteroatoms. The van der Waals surface area contributed by atoms with Gasteiger partial charge in [0.2, 0.25) is 15.9 Å². The lowest BCUT2D eigenvalue weighted by Gasteiger charge is -2.32. The molecule has 4 aromatic rings. The Morgan fingerprint density at radius 1 is 1.19 bits per heavy atom. The van der Waals surface area contributed by atoms with Crippen LogP contribution in [0.5, 0.6) is 5.75 Å². The Labute approximate surface area is 280 Å². The molecule has 1 saturated carbocycles. The number of carbonyl (C=O) groups excluding carboxylic acids is 1. The van der Waals surface area contributed by atoms with Crippen molar-refractivity contribution in [3.63, 3.8) is 0 Å². The van der Waals surface area contributed by atoms with E-state index in [2.05, 4.69) is 9.71 Å². The number of thiophene rings is 1. The summed E-state index contributed by atoms with van der Waals surface area (Å²) in [5.41, 5.74) is -0.258. The summed E-state index contributed by atoms with van der Waals surface area (Å²) in [7, 11) is -2.45. The number of aromatic nitrogens is 3. The summed E-state index contributed by atoms with van der Waals surface area (Å²) in [6.07, 6.45) is 6.50. The first-order valence-corrected chi connectivity index (χ1v) is 18.4. The van der Waals surface area contributed by atoms with Crippen LogP contribution in [0.3, 0.4) is 0 Å². The Balaban J connectivity index is 1.37. The first kappa shape index (κ1) is 32.7. The predicted molar refractivity (Wildman–Crippen MR) is 178 cm³/mol. The maximum Gasteiger partial charge on any atom is 0.332 e. The molecule has 48 heavy (non-hydrogen) atoms. The van der Waals surface area contributed by atoms with E-state index < -0.39 is 44.1 Å². The van der Waals surface area contributed by atoms with Crippen LogP contribution in [0, 0.1) is 6.92 Å². The van der Waals surface area contributed by atoms with Crippen LogP contribution in [0.4, 0.5) is 0 Å². The number of nitrogens with zero attached hydrogens (tertiary/aromatic N) is 3. The van der Waals surface area contributed by atoms with Gasteiger partial charge in [-0.15, -0.1) is 11.3 Å². The number of amides is 1. The minimum absolute atomic E-state index is 0.0294. The highest BCUT2D eigenvalue weighted by molar-refractivity contribution is 7.91. The number of sulfonamides is 1. The Morgan fingerprint density at radius 3 is 2.54 bits per heavy atom. The zero-order valence-electron chi connectivity index (χ0n) is 27.1. The quantitative estimate of drug-likeness (QED) is 0.240. The van der Waals surface area contributed by atoms with Gasteiger partial charge in [-0.1, -0.05) is 18.2 Å². The minimum atomic E-state index is -4.02. The summed E-state index contributed by atoms with van der Waals surface area (Å²) in [5.74, 6) is -0.114. The Bertz CT molecular complexity index is 2080. The van der Waals surface area contributed by atoms with Crippen LogP contribution in [0.15, 0.2) is 50.7 Å². The van der Waals surface area contributed by atoms with E-state index in [1.165, 1.54) is 35.3 Å². The number of hydrogen-bond acceptors (Lipinski definition) is 11. The third-order valence-corrected chi connectivity index (χ3v) is 13.4. The summed E-state index contributed by atoms with van der Waals surface area (Å²) in [6, 6.07) is 5.97. The van der Waals surface area contributed by atoms with Crippen molar-refractivity contribution >= 4 is 37.5 Å². The number of aryl methyl sites for hydroxylation is 1. The standard InChI is InChI=1S/C33H38N4O9S2/c1-18-26-30(39)37(19(2)28(38)35-48(41,42)33(3)11-12-33)32(40)36(31(26)47-27(18)29-34-13-14-44-29)17-25(23-7-5-6-8-24(23)43-4)46-22-15-20-9-10-21(16-22)45-20/h5-8,13-14,19-22,25H,9-12,15-17H2,1-4H3,(H,35,38)/t19-,20-,21+,22-,25-/m0/s1. The van der Waals surface area contributed by atoms with Gasteiger partial charge in [-0.3, -0.25) is 18.9 Å². The number of carbonyl (C=O) groups is 1. The topological polar surface area (TPSA) is 161 Å². The van der Waals surface area contributed by atoms with Crippen LogP contribution in [-0.2, 0) is 30.8 Å². The number of para-hydroxylation sites is 1. The number of rotatable bonds is 11. The third kappa shape index (κ3) is 5.69. The summed E-state index contributed by atoms with van der Waals surface area (Å²) >= 11 is 1.18. The molecule has 256 valence electrons. The fourth-order valence-corrected chi connectivity index (χ4v) is 9.34. The van der Waals surface area contributed by atoms with E-state index in [0.717, 1.165) is 17.4 Å². The van der Waals surface area contributed by atoms with E-state index >= 15 is 0 Å². The SMILES string of the molecule is COc1ccccc1[C@H](Cn1c(=O)n([C@@H](C)C(=O)NS(=O)(=O)C2(C)CC2)c(=O)c2c(C)c(-c3ncco3)sc21)O[C@@H]1C[C@H]2CC[C@@H](C1)O2. The maximum atomic E-state index is 14.5. The van der Waals surface area contributed by atoms with Gasteiger partial charge in [0.15, 0.2) is 0 Å². The molecule has 0 radical (unpaired) electrons. The zero-order valence-corrected chi connectivity index (χ0v) is 28.8. The molecule has 2 saturated heterocycles.